The van der Waals surface area contributed by atoms with Crippen molar-refractivity contribution in [3.63, 3.8) is 0 Å². The Labute approximate surface area is 167 Å². The molecule has 2 aromatic rings. The second-order valence-corrected chi connectivity index (χ2v) is 8.21. The third kappa shape index (κ3) is 5.26. The van der Waals surface area contributed by atoms with Crippen LogP contribution in [0.3, 0.4) is 0 Å². The van der Waals surface area contributed by atoms with Gasteiger partial charge >= 0.3 is 6.18 Å². The van der Waals surface area contributed by atoms with Crippen molar-refractivity contribution in [2.75, 3.05) is 41.7 Å². The zero-order chi connectivity index (χ0) is 19.6. The van der Waals surface area contributed by atoms with Crippen molar-refractivity contribution >= 4 is 34.7 Å². The summed E-state index contributed by atoms with van der Waals surface area (Å²) >= 11 is 6.82. The predicted octanol–water partition coefficient (Wildman–Crippen LogP) is 5.94. The summed E-state index contributed by atoms with van der Waals surface area (Å²) in [6.45, 7) is 7.27. The van der Waals surface area contributed by atoms with E-state index >= 15 is 0 Å². The molecule has 27 heavy (non-hydrogen) atoms. The summed E-state index contributed by atoms with van der Waals surface area (Å²) in [6, 6.07) is 11.7. The summed E-state index contributed by atoms with van der Waals surface area (Å²) in [7, 11) is 0. The number of thioether (sulfide) groups is 1. The van der Waals surface area contributed by atoms with Gasteiger partial charge in [0.05, 0.1) is 5.75 Å². The Kier molecular flexibility index (Phi) is 6.16. The average molecular weight is 415 g/mol. The van der Waals surface area contributed by atoms with Crippen LogP contribution in [0.5, 0.6) is 0 Å². The number of benzene rings is 2. The Hall–Kier alpha value is -1.53. The normalized spacial score (nSPS) is 15.3. The Morgan fingerprint density at radius 1 is 0.926 bits per heavy atom. The van der Waals surface area contributed by atoms with Crippen LogP contribution in [0.2, 0.25) is 5.02 Å². The van der Waals surface area contributed by atoms with E-state index in [1.165, 1.54) is 0 Å². The van der Waals surface area contributed by atoms with E-state index in [9.17, 15) is 13.2 Å². The molecule has 0 N–H and O–H groups in total. The standard InChI is InChI=1S/C20H22ClF3N2S/c1-14-11-15(2)19(27-13-20(22,23)24)12-18(14)26-9-7-25(8-10-26)17-5-3-16(21)4-6-17/h3-6,11-12H,7-10,13H2,1-2H3. The molecule has 1 aliphatic heterocycles. The molecule has 0 spiro atoms. The number of nitrogens with zero attached hydrogens (tertiary/aromatic N) is 2. The van der Waals surface area contributed by atoms with Crippen LogP contribution < -0.4 is 9.80 Å². The van der Waals surface area contributed by atoms with E-state index in [1.807, 2.05) is 50.2 Å². The first-order valence-corrected chi connectivity index (χ1v) is 10.2. The highest BCUT2D eigenvalue weighted by atomic mass is 35.5. The zero-order valence-corrected chi connectivity index (χ0v) is 16.9. The predicted molar refractivity (Wildman–Crippen MR) is 109 cm³/mol. The van der Waals surface area contributed by atoms with E-state index in [1.54, 1.807) is 0 Å². The van der Waals surface area contributed by atoms with Crippen molar-refractivity contribution in [2.45, 2.75) is 24.9 Å². The lowest BCUT2D eigenvalue weighted by Crippen LogP contribution is -2.46. The van der Waals surface area contributed by atoms with Crippen LogP contribution in [-0.2, 0) is 0 Å². The fourth-order valence-corrected chi connectivity index (χ4v) is 4.26. The van der Waals surface area contributed by atoms with Crippen LogP contribution in [0, 0.1) is 13.8 Å². The van der Waals surface area contributed by atoms with E-state index < -0.39 is 11.9 Å². The van der Waals surface area contributed by atoms with Crippen molar-refractivity contribution < 1.29 is 13.2 Å². The fourth-order valence-electron chi connectivity index (χ4n) is 3.33. The minimum absolute atomic E-state index is 0.702. The summed E-state index contributed by atoms with van der Waals surface area (Å²) in [5.41, 5.74) is 4.16. The van der Waals surface area contributed by atoms with Gasteiger partial charge in [-0.1, -0.05) is 17.7 Å². The molecule has 0 radical (unpaired) electrons. The van der Waals surface area contributed by atoms with Crippen molar-refractivity contribution in [1.82, 2.24) is 0 Å². The van der Waals surface area contributed by atoms with Crippen LogP contribution >= 0.6 is 23.4 Å². The van der Waals surface area contributed by atoms with Gasteiger partial charge in [0.1, 0.15) is 0 Å². The molecule has 0 unspecified atom stereocenters. The monoisotopic (exact) mass is 414 g/mol. The first-order valence-electron chi connectivity index (χ1n) is 8.79. The van der Waals surface area contributed by atoms with Gasteiger partial charge in [0.2, 0.25) is 0 Å². The lowest BCUT2D eigenvalue weighted by atomic mass is 10.1. The van der Waals surface area contributed by atoms with E-state index in [0.717, 1.165) is 65.5 Å². The molecule has 0 atom stereocenters. The van der Waals surface area contributed by atoms with Crippen molar-refractivity contribution in [1.29, 1.82) is 0 Å². The van der Waals surface area contributed by atoms with Gasteiger partial charge in [-0.3, -0.25) is 0 Å². The zero-order valence-electron chi connectivity index (χ0n) is 15.3. The third-order valence-electron chi connectivity index (χ3n) is 4.70. The second-order valence-electron chi connectivity index (χ2n) is 6.76. The number of rotatable bonds is 4. The highest BCUT2D eigenvalue weighted by Crippen LogP contribution is 2.34. The molecule has 1 aliphatic rings. The second kappa shape index (κ2) is 8.23. The number of hydrogen-bond donors (Lipinski definition) is 0. The van der Waals surface area contributed by atoms with Gasteiger partial charge in [-0.2, -0.15) is 13.2 Å². The highest BCUT2D eigenvalue weighted by Gasteiger charge is 2.28. The summed E-state index contributed by atoms with van der Waals surface area (Å²) in [5, 5.41) is 0.719. The molecule has 1 fully saturated rings. The largest absolute Gasteiger partial charge is 0.398 e. The van der Waals surface area contributed by atoms with Gasteiger partial charge < -0.3 is 9.80 Å². The van der Waals surface area contributed by atoms with Gasteiger partial charge in [-0.15, -0.1) is 11.8 Å². The molecule has 0 saturated carbocycles. The van der Waals surface area contributed by atoms with Gasteiger partial charge in [0.25, 0.3) is 0 Å². The van der Waals surface area contributed by atoms with Crippen LogP contribution in [0.15, 0.2) is 41.3 Å². The van der Waals surface area contributed by atoms with Gasteiger partial charge in [0.15, 0.2) is 0 Å². The van der Waals surface area contributed by atoms with Crippen LogP contribution in [0.4, 0.5) is 24.5 Å². The molecule has 0 aliphatic carbocycles. The van der Waals surface area contributed by atoms with Crippen LogP contribution in [0.1, 0.15) is 11.1 Å². The summed E-state index contributed by atoms with van der Waals surface area (Å²) in [4.78, 5) is 5.27. The number of hydrogen-bond acceptors (Lipinski definition) is 3. The molecule has 1 heterocycles. The highest BCUT2D eigenvalue weighted by molar-refractivity contribution is 7.99. The molecular weight excluding hydrogens is 393 g/mol. The van der Waals surface area contributed by atoms with E-state index in [0.29, 0.717) is 4.90 Å². The lowest BCUT2D eigenvalue weighted by Gasteiger charge is -2.38. The molecule has 0 aromatic heterocycles. The quantitative estimate of drug-likeness (QED) is 0.572. The van der Waals surface area contributed by atoms with Crippen molar-refractivity contribution in [3.8, 4) is 0 Å². The minimum Gasteiger partial charge on any atom is -0.368 e. The van der Waals surface area contributed by atoms with Gasteiger partial charge in [0, 0.05) is 47.5 Å². The van der Waals surface area contributed by atoms with Crippen molar-refractivity contribution in [3.05, 3.63) is 52.5 Å². The molecule has 3 rings (SSSR count). The van der Waals surface area contributed by atoms with E-state index in [-0.39, 0.29) is 0 Å². The first-order chi connectivity index (χ1) is 12.7. The van der Waals surface area contributed by atoms with E-state index in [4.69, 9.17) is 11.6 Å². The Morgan fingerprint density at radius 2 is 1.52 bits per heavy atom. The Balaban J connectivity index is 1.70. The van der Waals surface area contributed by atoms with Crippen LogP contribution in [0.25, 0.3) is 0 Å². The average Bonchev–Trinajstić information content (AvgIpc) is 2.61. The smallest absolute Gasteiger partial charge is 0.368 e. The summed E-state index contributed by atoms with van der Waals surface area (Å²) in [5.74, 6) is -0.860. The molecule has 2 nitrogen and oxygen atoms in total. The third-order valence-corrected chi connectivity index (χ3v) is 6.17. The number of aryl methyl sites for hydroxylation is 2. The van der Waals surface area contributed by atoms with Gasteiger partial charge in [-0.25, -0.2) is 0 Å². The molecule has 1 saturated heterocycles. The Bertz CT molecular complexity index is 785. The fraction of sp³-hybridized carbons (Fsp3) is 0.400. The lowest BCUT2D eigenvalue weighted by molar-refractivity contribution is -0.105. The van der Waals surface area contributed by atoms with E-state index in [2.05, 4.69) is 9.80 Å². The number of alkyl halides is 3. The Morgan fingerprint density at radius 3 is 2.11 bits per heavy atom. The van der Waals surface area contributed by atoms with Gasteiger partial charge in [-0.05, 0) is 55.3 Å². The van der Waals surface area contributed by atoms with Crippen LogP contribution in [-0.4, -0.2) is 38.1 Å². The maximum atomic E-state index is 12.6. The number of piperazine rings is 1. The number of anilines is 2. The molecular formula is C20H22ClF3N2S. The molecule has 146 valence electrons. The maximum absolute atomic E-state index is 12.6. The first kappa shape index (κ1) is 20.2. The SMILES string of the molecule is Cc1cc(C)c(N2CCN(c3ccc(Cl)cc3)CC2)cc1SCC(F)(F)F. The molecule has 2 aromatic carbocycles. The number of halogens is 4. The minimum atomic E-state index is -4.16. The topological polar surface area (TPSA) is 6.48 Å². The molecule has 0 bridgehead atoms. The van der Waals surface area contributed by atoms with Crippen molar-refractivity contribution in [2.24, 2.45) is 0 Å². The maximum Gasteiger partial charge on any atom is 0.398 e. The summed E-state index contributed by atoms with van der Waals surface area (Å²) in [6.07, 6.45) is -4.16. The summed E-state index contributed by atoms with van der Waals surface area (Å²) < 4.78 is 37.8. The molecule has 7 heteroatoms. The molecule has 0 amide bonds.